The predicted molar refractivity (Wildman–Crippen MR) is 114 cm³/mol. The summed E-state index contributed by atoms with van der Waals surface area (Å²) in [6.45, 7) is 5.83. The molecule has 1 saturated heterocycles. The van der Waals surface area contributed by atoms with Crippen molar-refractivity contribution in [2.75, 3.05) is 18.9 Å². The largest absolute Gasteiger partial charge is 0.465 e. The molecule has 2 aliphatic rings. The summed E-state index contributed by atoms with van der Waals surface area (Å²) in [7, 11) is 0. The van der Waals surface area contributed by atoms with Crippen LogP contribution in [0.4, 0.5) is 9.18 Å². The third-order valence-electron chi connectivity index (χ3n) is 5.36. The number of nitrogens with zero attached hydrogens (tertiary/aromatic N) is 3. The summed E-state index contributed by atoms with van der Waals surface area (Å²) in [6, 6.07) is 3.09. The van der Waals surface area contributed by atoms with Gasteiger partial charge in [-0.3, -0.25) is 9.88 Å². The highest BCUT2D eigenvalue weighted by Gasteiger charge is 2.42. The molecule has 1 unspecified atom stereocenters. The number of carbonyl (C=O) groups excluding carboxylic acids is 1. The number of nitriles is 1. The molecule has 164 valence electrons. The maximum atomic E-state index is 14.9. The number of amides is 1. The van der Waals surface area contributed by atoms with Crippen LogP contribution in [0.2, 0.25) is 0 Å². The number of esters is 1. The summed E-state index contributed by atoms with van der Waals surface area (Å²) in [4.78, 5) is 29.6. The Morgan fingerprint density at radius 2 is 2.23 bits per heavy atom. The van der Waals surface area contributed by atoms with Crippen molar-refractivity contribution in [1.29, 1.82) is 5.26 Å². The van der Waals surface area contributed by atoms with E-state index in [0.717, 1.165) is 12.8 Å². The second-order valence-corrected chi connectivity index (χ2v) is 9.07. The predicted octanol–water partition coefficient (Wildman–Crippen LogP) is 4.32. The average molecular weight is 446 g/mol. The highest BCUT2D eigenvalue weighted by Crippen LogP contribution is 2.47. The molecular weight excluding hydrogens is 421 g/mol. The number of carbonyl (C=O) groups is 2. The van der Waals surface area contributed by atoms with Crippen LogP contribution in [0.1, 0.15) is 44.9 Å². The maximum Gasteiger partial charge on any atom is 0.412 e. The number of hydrogen-bond acceptors (Lipinski definition) is 6. The summed E-state index contributed by atoms with van der Waals surface area (Å²) >= 11 is 1.30. The van der Waals surface area contributed by atoms with Gasteiger partial charge in [0.15, 0.2) is 0 Å². The molecule has 1 amide bonds. The zero-order valence-electron chi connectivity index (χ0n) is 17.6. The first-order valence-corrected chi connectivity index (χ1v) is 11.0. The Hall–Kier alpha value is -2.86. The van der Waals surface area contributed by atoms with Crippen molar-refractivity contribution in [3.63, 3.8) is 0 Å². The molecule has 1 aliphatic carbocycles. The minimum Gasteiger partial charge on any atom is -0.465 e. The standard InChI is InChI=1S/C22H24FN3O4S/c1-4-30-20(27)16(9-24)15(8-18-26(21(28)29)11-13(2)12-31-18)14-7-17(23)19(25-10-14)22(3)5-6-22/h7-8,10,13H,4-6,11-12H2,1-3H3,(H,28,29)/b16-15-,18-8-. The number of ether oxygens (including phenoxy) is 1. The highest BCUT2D eigenvalue weighted by molar-refractivity contribution is 8.03. The van der Waals surface area contributed by atoms with Crippen LogP contribution in [0.15, 0.2) is 28.9 Å². The highest BCUT2D eigenvalue weighted by atomic mass is 32.2. The molecule has 0 bridgehead atoms. The number of allylic oxidation sites excluding steroid dienone is 2. The first kappa shape index (κ1) is 22.8. The minimum atomic E-state index is -1.14. The van der Waals surface area contributed by atoms with E-state index in [9.17, 15) is 24.3 Å². The van der Waals surface area contributed by atoms with Gasteiger partial charge < -0.3 is 9.84 Å². The molecule has 0 aromatic carbocycles. The van der Waals surface area contributed by atoms with Crippen LogP contribution < -0.4 is 0 Å². The zero-order chi connectivity index (χ0) is 22.8. The van der Waals surface area contributed by atoms with Crippen molar-refractivity contribution in [3.8, 4) is 6.07 Å². The topological polar surface area (TPSA) is 104 Å². The van der Waals surface area contributed by atoms with E-state index < -0.39 is 17.9 Å². The van der Waals surface area contributed by atoms with Gasteiger partial charge in [0.1, 0.15) is 17.5 Å². The van der Waals surface area contributed by atoms with Gasteiger partial charge in [-0.1, -0.05) is 13.8 Å². The molecule has 7 nitrogen and oxygen atoms in total. The fourth-order valence-corrected chi connectivity index (χ4v) is 4.42. The summed E-state index contributed by atoms with van der Waals surface area (Å²) in [5.41, 5.74) is 0.0336. The van der Waals surface area contributed by atoms with Crippen molar-refractivity contribution in [2.24, 2.45) is 5.92 Å². The molecule has 0 radical (unpaired) electrons. The fraction of sp³-hybridized carbons (Fsp3) is 0.455. The molecule has 2 heterocycles. The summed E-state index contributed by atoms with van der Waals surface area (Å²) in [6.07, 6.45) is 3.41. The molecule has 0 spiro atoms. The number of aromatic nitrogens is 1. The van der Waals surface area contributed by atoms with Crippen molar-refractivity contribution in [2.45, 2.75) is 39.0 Å². The Kier molecular flexibility index (Phi) is 6.70. The molecule has 3 rings (SSSR count). The Labute approximate surface area is 184 Å². The van der Waals surface area contributed by atoms with Crippen LogP contribution in [-0.4, -0.2) is 46.0 Å². The van der Waals surface area contributed by atoms with E-state index in [0.29, 0.717) is 16.5 Å². The Bertz CT molecular complexity index is 1010. The third kappa shape index (κ3) is 4.90. The van der Waals surface area contributed by atoms with Gasteiger partial charge in [0.05, 0.1) is 17.3 Å². The zero-order valence-corrected chi connectivity index (χ0v) is 18.5. The first-order valence-electron chi connectivity index (χ1n) is 10.0. The van der Waals surface area contributed by atoms with Crippen LogP contribution in [-0.2, 0) is 14.9 Å². The lowest BCUT2D eigenvalue weighted by Gasteiger charge is -2.30. The maximum absolute atomic E-state index is 14.9. The van der Waals surface area contributed by atoms with E-state index in [-0.39, 0.29) is 41.2 Å². The Morgan fingerprint density at radius 1 is 1.52 bits per heavy atom. The molecule has 1 saturated carbocycles. The number of pyridine rings is 1. The molecule has 31 heavy (non-hydrogen) atoms. The third-order valence-corrected chi connectivity index (χ3v) is 6.73. The van der Waals surface area contributed by atoms with E-state index in [1.54, 1.807) is 6.92 Å². The van der Waals surface area contributed by atoms with Crippen LogP contribution in [0.5, 0.6) is 0 Å². The molecule has 1 aromatic rings. The van der Waals surface area contributed by atoms with Gasteiger partial charge in [0, 0.05) is 35.0 Å². The lowest BCUT2D eigenvalue weighted by Crippen LogP contribution is -2.36. The van der Waals surface area contributed by atoms with Gasteiger partial charge >= 0.3 is 12.1 Å². The molecular formula is C22H24FN3O4S. The number of carboxylic acid groups (broad SMARTS) is 1. The average Bonchev–Trinajstić information content (AvgIpc) is 3.47. The van der Waals surface area contributed by atoms with Crippen LogP contribution >= 0.6 is 11.8 Å². The van der Waals surface area contributed by atoms with Gasteiger partial charge in [0.25, 0.3) is 0 Å². The normalized spacial score (nSPS) is 21.8. The van der Waals surface area contributed by atoms with E-state index in [2.05, 4.69) is 4.98 Å². The van der Waals surface area contributed by atoms with Crippen LogP contribution in [0.3, 0.4) is 0 Å². The van der Waals surface area contributed by atoms with Crippen molar-refractivity contribution < 1.29 is 23.8 Å². The lowest BCUT2D eigenvalue weighted by atomic mass is 9.98. The minimum absolute atomic E-state index is 0.0608. The summed E-state index contributed by atoms with van der Waals surface area (Å²) < 4.78 is 19.9. The number of thioether (sulfide) groups is 1. The second-order valence-electron chi connectivity index (χ2n) is 8.03. The SMILES string of the molecule is CCOC(=O)/C(C#N)=C(/C=C1\SCC(C)CN1C(=O)O)c1cnc(C2(C)CC2)c(F)c1. The first-order chi connectivity index (χ1) is 14.7. The lowest BCUT2D eigenvalue weighted by molar-refractivity contribution is -0.137. The fourth-order valence-electron chi connectivity index (χ4n) is 3.35. The van der Waals surface area contributed by atoms with Crippen LogP contribution in [0.25, 0.3) is 5.57 Å². The molecule has 1 atom stereocenters. The van der Waals surface area contributed by atoms with Gasteiger partial charge in [-0.2, -0.15) is 5.26 Å². The van der Waals surface area contributed by atoms with Crippen molar-refractivity contribution in [3.05, 3.63) is 46.0 Å². The Morgan fingerprint density at radius 3 is 2.77 bits per heavy atom. The van der Waals surface area contributed by atoms with E-state index >= 15 is 0 Å². The number of halogens is 1. The van der Waals surface area contributed by atoms with Gasteiger partial charge in [-0.15, -0.1) is 11.8 Å². The second kappa shape index (κ2) is 9.10. The Balaban J connectivity index is 2.14. The quantitative estimate of drug-likeness (QED) is 0.409. The van der Waals surface area contributed by atoms with Crippen molar-refractivity contribution in [1.82, 2.24) is 9.88 Å². The van der Waals surface area contributed by atoms with Crippen LogP contribution in [0, 0.1) is 23.1 Å². The smallest absolute Gasteiger partial charge is 0.412 e. The van der Waals surface area contributed by atoms with E-state index in [1.165, 1.54) is 35.0 Å². The number of hydrogen-bond donors (Lipinski definition) is 1. The van der Waals surface area contributed by atoms with E-state index in [4.69, 9.17) is 4.74 Å². The van der Waals surface area contributed by atoms with Gasteiger partial charge in [-0.05, 0) is 37.8 Å². The molecule has 1 N–H and O–H groups in total. The van der Waals surface area contributed by atoms with E-state index in [1.807, 2.05) is 19.9 Å². The number of rotatable bonds is 5. The molecule has 1 aromatic heterocycles. The monoisotopic (exact) mass is 445 g/mol. The molecule has 2 fully saturated rings. The van der Waals surface area contributed by atoms with Crippen molar-refractivity contribution >= 4 is 29.4 Å². The molecule has 1 aliphatic heterocycles. The summed E-state index contributed by atoms with van der Waals surface area (Å²) in [5.74, 6) is -0.557. The molecule has 9 heteroatoms. The van der Waals surface area contributed by atoms with Gasteiger partial charge in [-0.25, -0.2) is 14.0 Å². The van der Waals surface area contributed by atoms with Gasteiger partial charge in [0.2, 0.25) is 0 Å². The summed E-state index contributed by atoms with van der Waals surface area (Å²) in [5, 5.41) is 19.6.